The molecule has 2 aromatic rings. The maximum Gasteiger partial charge on any atom is 0.270 e. The number of anilines is 1. The molecule has 0 fully saturated rings. The van der Waals surface area contributed by atoms with Crippen molar-refractivity contribution in [1.29, 1.82) is 0 Å². The van der Waals surface area contributed by atoms with E-state index in [9.17, 15) is 18.5 Å². The number of sulfone groups is 1. The van der Waals surface area contributed by atoms with Gasteiger partial charge < -0.3 is 9.73 Å². The van der Waals surface area contributed by atoms with Crippen LogP contribution in [0.5, 0.6) is 0 Å². The third-order valence-electron chi connectivity index (χ3n) is 3.08. The average molecular weight is 325 g/mol. The maximum absolute atomic E-state index is 11.8. The first-order valence-electron chi connectivity index (χ1n) is 6.34. The summed E-state index contributed by atoms with van der Waals surface area (Å²) in [6, 6.07) is 3.63. The van der Waals surface area contributed by atoms with Gasteiger partial charge in [0.25, 0.3) is 5.69 Å². The minimum Gasteiger partial charge on any atom is -0.444 e. The minimum atomic E-state index is -3.61. The zero-order chi connectivity index (χ0) is 16.5. The highest BCUT2D eigenvalue weighted by molar-refractivity contribution is 7.90. The first kappa shape index (κ1) is 16.0. The predicted molar refractivity (Wildman–Crippen MR) is 79.5 cm³/mol. The number of benzene rings is 1. The van der Waals surface area contributed by atoms with Crippen LogP contribution in [-0.4, -0.2) is 24.6 Å². The number of oxazole rings is 1. The highest BCUT2D eigenvalue weighted by Crippen LogP contribution is 2.26. The minimum absolute atomic E-state index is 0.137. The van der Waals surface area contributed by atoms with Gasteiger partial charge in [-0.25, -0.2) is 13.4 Å². The van der Waals surface area contributed by atoms with Gasteiger partial charge in [0.15, 0.2) is 9.84 Å². The molecule has 0 spiro atoms. The largest absolute Gasteiger partial charge is 0.444 e. The van der Waals surface area contributed by atoms with Gasteiger partial charge in [-0.15, -0.1) is 0 Å². The van der Waals surface area contributed by atoms with Crippen LogP contribution in [0.25, 0.3) is 0 Å². The van der Waals surface area contributed by atoms with E-state index >= 15 is 0 Å². The van der Waals surface area contributed by atoms with Crippen LogP contribution in [0.2, 0.25) is 0 Å². The molecule has 1 aromatic carbocycles. The van der Waals surface area contributed by atoms with Gasteiger partial charge in [0.2, 0.25) is 5.89 Å². The molecule has 0 unspecified atom stereocenters. The van der Waals surface area contributed by atoms with Crippen molar-refractivity contribution in [3.05, 3.63) is 45.7 Å². The molecule has 0 aliphatic rings. The molecule has 9 heteroatoms. The number of hydrogen-bond acceptors (Lipinski definition) is 7. The number of nitrogens with zero attached hydrogens (tertiary/aromatic N) is 2. The van der Waals surface area contributed by atoms with Crippen molar-refractivity contribution in [2.24, 2.45) is 0 Å². The van der Waals surface area contributed by atoms with Gasteiger partial charge in [-0.3, -0.25) is 10.1 Å². The summed E-state index contributed by atoms with van der Waals surface area (Å²) in [6.07, 6.45) is 0.997. The van der Waals surface area contributed by atoms with Crippen LogP contribution < -0.4 is 5.32 Å². The van der Waals surface area contributed by atoms with Gasteiger partial charge in [-0.05, 0) is 19.9 Å². The molecule has 1 aromatic heterocycles. The van der Waals surface area contributed by atoms with Crippen molar-refractivity contribution in [3.63, 3.8) is 0 Å². The fourth-order valence-electron chi connectivity index (χ4n) is 1.86. The monoisotopic (exact) mass is 325 g/mol. The van der Waals surface area contributed by atoms with E-state index in [0.717, 1.165) is 18.0 Å². The zero-order valence-corrected chi connectivity index (χ0v) is 13.1. The second kappa shape index (κ2) is 5.76. The summed E-state index contributed by atoms with van der Waals surface area (Å²) in [6.45, 7) is 3.75. The number of nitro benzene ring substituents is 1. The van der Waals surface area contributed by atoms with Crippen LogP contribution >= 0.6 is 0 Å². The summed E-state index contributed by atoms with van der Waals surface area (Å²) in [5, 5.41) is 13.7. The van der Waals surface area contributed by atoms with Crippen molar-refractivity contribution >= 4 is 21.2 Å². The summed E-state index contributed by atoms with van der Waals surface area (Å²) < 4.78 is 29.0. The molecule has 0 radical (unpaired) electrons. The Morgan fingerprint density at radius 3 is 2.55 bits per heavy atom. The lowest BCUT2D eigenvalue weighted by molar-refractivity contribution is -0.385. The molecule has 0 aliphatic heterocycles. The predicted octanol–water partition coefficient (Wildman–Crippen LogP) is 2.22. The normalized spacial score (nSPS) is 11.4. The second-order valence-corrected chi connectivity index (χ2v) is 6.80. The van der Waals surface area contributed by atoms with Crippen molar-refractivity contribution in [1.82, 2.24) is 4.98 Å². The Balaban J connectivity index is 2.32. The molecule has 2 rings (SSSR count). The van der Waals surface area contributed by atoms with Crippen molar-refractivity contribution < 1.29 is 17.8 Å². The molecule has 8 nitrogen and oxygen atoms in total. The fraction of sp³-hybridized carbons (Fsp3) is 0.308. The van der Waals surface area contributed by atoms with E-state index in [-0.39, 0.29) is 22.8 Å². The van der Waals surface area contributed by atoms with Crippen molar-refractivity contribution in [3.8, 4) is 0 Å². The lowest BCUT2D eigenvalue weighted by atomic mass is 10.3. The molecule has 0 atom stereocenters. The van der Waals surface area contributed by atoms with Gasteiger partial charge in [0, 0.05) is 18.4 Å². The topological polar surface area (TPSA) is 115 Å². The van der Waals surface area contributed by atoms with E-state index in [2.05, 4.69) is 10.3 Å². The number of nitrogens with one attached hydrogen (secondary N) is 1. The number of aryl methyl sites for hydroxylation is 2. The molecule has 1 heterocycles. The highest BCUT2D eigenvalue weighted by Gasteiger charge is 2.18. The lowest BCUT2D eigenvalue weighted by Crippen LogP contribution is -2.07. The van der Waals surface area contributed by atoms with Gasteiger partial charge >= 0.3 is 0 Å². The van der Waals surface area contributed by atoms with Crippen molar-refractivity contribution in [2.45, 2.75) is 25.3 Å². The third-order valence-corrected chi connectivity index (χ3v) is 4.22. The molecule has 0 bridgehead atoms. The van der Waals surface area contributed by atoms with Crippen molar-refractivity contribution in [2.75, 3.05) is 11.6 Å². The number of hydrogen-bond donors (Lipinski definition) is 1. The van der Waals surface area contributed by atoms with Gasteiger partial charge in [0.1, 0.15) is 5.76 Å². The number of nitro groups is 1. The van der Waals surface area contributed by atoms with Crippen LogP contribution in [0.15, 0.2) is 27.5 Å². The SMILES string of the molecule is Cc1nc(CNc2ccc([N+](=O)[O-])cc2S(C)(=O)=O)oc1C. The summed E-state index contributed by atoms with van der Waals surface area (Å²) >= 11 is 0. The van der Waals surface area contributed by atoms with E-state index in [0.29, 0.717) is 11.7 Å². The molecular weight excluding hydrogens is 310 g/mol. The fourth-order valence-corrected chi connectivity index (χ4v) is 2.74. The molecule has 1 N–H and O–H groups in total. The molecule has 0 amide bonds. The molecular formula is C13H15N3O5S. The molecule has 0 saturated heterocycles. The quantitative estimate of drug-likeness (QED) is 0.662. The number of non-ortho nitro benzene ring substituents is 1. The van der Waals surface area contributed by atoms with Crippen LogP contribution in [0.3, 0.4) is 0 Å². The maximum atomic E-state index is 11.8. The van der Waals surface area contributed by atoms with Crippen LogP contribution in [0.4, 0.5) is 11.4 Å². The van der Waals surface area contributed by atoms with Crippen LogP contribution in [0.1, 0.15) is 17.3 Å². The Labute approximate surface area is 127 Å². The number of rotatable bonds is 5. The molecule has 22 heavy (non-hydrogen) atoms. The average Bonchev–Trinajstić information content (AvgIpc) is 2.74. The molecule has 0 saturated carbocycles. The van der Waals surface area contributed by atoms with Gasteiger partial charge in [-0.2, -0.15) is 0 Å². The molecule has 118 valence electrons. The van der Waals surface area contributed by atoms with E-state index in [4.69, 9.17) is 4.42 Å². The van der Waals surface area contributed by atoms with Gasteiger partial charge in [-0.1, -0.05) is 0 Å². The Morgan fingerprint density at radius 2 is 2.05 bits per heavy atom. The van der Waals surface area contributed by atoms with Crippen LogP contribution in [-0.2, 0) is 16.4 Å². The first-order valence-corrected chi connectivity index (χ1v) is 8.23. The third kappa shape index (κ3) is 3.42. The first-order chi connectivity index (χ1) is 10.2. The standard InChI is InChI=1S/C13H15N3O5S/c1-8-9(2)21-13(15-8)7-14-11-5-4-10(16(17)18)6-12(11)22(3,19)20/h4-6,14H,7H2,1-3H3. The van der Waals surface area contributed by atoms with Gasteiger partial charge in [0.05, 0.1) is 27.7 Å². The highest BCUT2D eigenvalue weighted by atomic mass is 32.2. The number of aromatic nitrogens is 1. The van der Waals surface area contributed by atoms with E-state index < -0.39 is 14.8 Å². The summed E-state index contributed by atoms with van der Waals surface area (Å²) in [7, 11) is -3.61. The lowest BCUT2D eigenvalue weighted by Gasteiger charge is -2.09. The molecule has 0 aliphatic carbocycles. The zero-order valence-electron chi connectivity index (χ0n) is 12.3. The smallest absolute Gasteiger partial charge is 0.270 e. The Kier molecular flexibility index (Phi) is 4.18. The summed E-state index contributed by atoms with van der Waals surface area (Å²) in [5.74, 6) is 1.09. The summed E-state index contributed by atoms with van der Waals surface area (Å²) in [4.78, 5) is 14.2. The van der Waals surface area contributed by atoms with E-state index in [1.807, 2.05) is 0 Å². The van der Waals surface area contributed by atoms with E-state index in [1.165, 1.54) is 12.1 Å². The summed E-state index contributed by atoms with van der Waals surface area (Å²) in [5.41, 5.74) is 0.735. The van der Waals surface area contributed by atoms with E-state index in [1.54, 1.807) is 13.8 Å². The van der Waals surface area contributed by atoms with Crippen LogP contribution in [0, 0.1) is 24.0 Å². The Bertz CT molecular complexity index is 807. The Hall–Kier alpha value is -2.42. The second-order valence-electron chi connectivity index (χ2n) is 4.81. The Morgan fingerprint density at radius 1 is 1.36 bits per heavy atom.